The molecule has 1 aromatic rings. The topological polar surface area (TPSA) is 20.3 Å². The molecule has 1 atom stereocenters. The van der Waals surface area contributed by atoms with E-state index in [0.717, 1.165) is 15.7 Å². The van der Waals surface area contributed by atoms with E-state index in [4.69, 9.17) is 0 Å². The molecule has 1 heterocycles. The maximum Gasteiger partial charge on any atom is 0.235 e. The number of alkyl halides is 1. The average Bonchev–Trinajstić information content (AvgIpc) is 2.28. The molecular formula is C12H10BrINOY-. The van der Waals surface area contributed by atoms with E-state index in [1.807, 2.05) is 24.3 Å². The van der Waals surface area contributed by atoms with Crippen LogP contribution in [0.15, 0.2) is 28.7 Å². The Morgan fingerprint density at radius 2 is 2.12 bits per heavy atom. The van der Waals surface area contributed by atoms with Gasteiger partial charge in [0.25, 0.3) is 0 Å². The molecule has 17 heavy (non-hydrogen) atoms. The standard InChI is InChI=1S/C12H10BrINO.Y/c1-15-11(7-6-10(14)12(15)16)8-4-2-3-5-9(8)13;/h2-5,10H,6H2,1H3;/q-1;. The summed E-state index contributed by atoms with van der Waals surface area (Å²) in [5, 5.41) is 0. The number of benzene rings is 1. The molecule has 1 aliphatic rings. The summed E-state index contributed by atoms with van der Waals surface area (Å²) >= 11 is 5.65. The molecular weight excluding hydrogens is 470 g/mol. The zero-order chi connectivity index (χ0) is 11.7. The van der Waals surface area contributed by atoms with Gasteiger partial charge in [-0.25, -0.2) is 6.08 Å². The first-order valence-corrected chi connectivity index (χ1v) is 6.92. The fourth-order valence-electron chi connectivity index (χ4n) is 1.64. The smallest absolute Gasteiger partial charge is 0.235 e. The Morgan fingerprint density at radius 3 is 2.76 bits per heavy atom. The summed E-state index contributed by atoms with van der Waals surface area (Å²) in [6.45, 7) is 0. The first-order valence-electron chi connectivity index (χ1n) is 4.88. The van der Waals surface area contributed by atoms with Crippen LogP contribution in [0.1, 0.15) is 12.0 Å². The molecule has 0 aliphatic carbocycles. The first-order chi connectivity index (χ1) is 7.61. The van der Waals surface area contributed by atoms with Crippen LogP contribution in [0.4, 0.5) is 0 Å². The number of rotatable bonds is 1. The summed E-state index contributed by atoms with van der Waals surface area (Å²) in [6, 6.07) is 7.88. The van der Waals surface area contributed by atoms with Gasteiger partial charge in [-0.3, -0.25) is 4.79 Å². The van der Waals surface area contributed by atoms with E-state index in [2.05, 4.69) is 44.6 Å². The predicted octanol–water partition coefficient (Wildman–Crippen LogP) is 3.26. The van der Waals surface area contributed by atoms with E-state index < -0.39 is 0 Å². The van der Waals surface area contributed by atoms with Gasteiger partial charge in [0.2, 0.25) is 5.91 Å². The van der Waals surface area contributed by atoms with E-state index in [-0.39, 0.29) is 42.5 Å². The molecule has 0 spiro atoms. The largest absolute Gasteiger partial charge is 0.350 e. The van der Waals surface area contributed by atoms with Gasteiger partial charge in [0.15, 0.2) is 0 Å². The number of hydrogen-bond donors (Lipinski definition) is 0. The van der Waals surface area contributed by atoms with E-state index in [1.54, 1.807) is 11.9 Å². The molecule has 0 bridgehead atoms. The van der Waals surface area contributed by atoms with Gasteiger partial charge >= 0.3 is 0 Å². The molecule has 0 saturated heterocycles. The van der Waals surface area contributed by atoms with Crippen LogP contribution in [0, 0.1) is 6.08 Å². The number of nitrogens with zero attached hydrogens (tertiary/aromatic N) is 1. The Bertz CT molecular complexity index is 464. The minimum atomic E-state index is 0. The van der Waals surface area contributed by atoms with Crippen LogP contribution < -0.4 is 0 Å². The predicted molar refractivity (Wildman–Crippen MR) is 76.0 cm³/mol. The van der Waals surface area contributed by atoms with E-state index >= 15 is 0 Å². The number of carbonyl (C=O) groups excluding carboxylic acids is 1. The van der Waals surface area contributed by atoms with E-state index in [9.17, 15) is 4.79 Å². The molecule has 1 amide bonds. The summed E-state index contributed by atoms with van der Waals surface area (Å²) in [6.07, 6.45) is 3.97. The van der Waals surface area contributed by atoms with Gasteiger partial charge in [-0.2, -0.15) is 0 Å². The van der Waals surface area contributed by atoms with Crippen molar-refractivity contribution in [3.8, 4) is 0 Å². The SMILES string of the molecule is CN1C(=O)C(I)C[C-]=C1c1ccccc1Br.[Y]. The molecule has 1 aliphatic heterocycles. The first kappa shape index (κ1) is 15.8. The Morgan fingerprint density at radius 1 is 1.47 bits per heavy atom. The second-order valence-electron chi connectivity index (χ2n) is 3.57. The van der Waals surface area contributed by atoms with Crippen LogP contribution in [-0.4, -0.2) is 21.8 Å². The summed E-state index contributed by atoms with van der Waals surface area (Å²) in [4.78, 5) is 13.5. The minimum absolute atomic E-state index is 0. The molecule has 2 nitrogen and oxygen atoms in total. The number of hydrogen-bond acceptors (Lipinski definition) is 1. The van der Waals surface area contributed by atoms with Gasteiger partial charge < -0.3 is 4.90 Å². The summed E-state index contributed by atoms with van der Waals surface area (Å²) in [5.41, 5.74) is 1.88. The summed E-state index contributed by atoms with van der Waals surface area (Å²) in [7, 11) is 1.80. The maximum absolute atomic E-state index is 11.9. The molecule has 2 rings (SSSR count). The minimum Gasteiger partial charge on any atom is -0.350 e. The third-order valence-corrected chi connectivity index (χ3v) is 4.18. The molecule has 0 fully saturated rings. The monoisotopic (exact) mass is 479 g/mol. The summed E-state index contributed by atoms with van der Waals surface area (Å²) in [5.74, 6) is 0.144. The number of allylic oxidation sites excluding steroid dienone is 1. The maximum atomic E-state index is 11.9. The van der Waals surface area contributed by atoms with Gasteiger partial charge in [-0.15, -0.1) is 17.3 Å². The van der Waals surface area contributed by atoms with Crippen LogP contribution in [0.25, 0.3) is 5.70 Å². The second-order valence-corrected chi connectivity index (χ2v) is 5.93. The Labute approximate surface area is 148 Å². The zero-order valence-electron chi connectivity index (χ0n) is 9.28. The third-order valence-electron chi connectivity index (χ3n) is 2.51. The molecule has 0 N–H and O–H groups in total. The van der Waals surface area contributed by atoms with Crippen molar-refractivity contribution in [2.24, 2.45) is 0 Å². The van der Waals surface area contributed by atoms with Crippen molar-refractivity contribution in [3.05, 3.63) is 40.4 Å². The molecule has 1 aromatic carbocycles. The third kappa shape index (κ3) is 3.39. The quantitative estimate of drug-likeness (QED) is 0.344. The van der Waals surface area contributed by atoms with E-state index in [1.165, 1.54) is 0 Å². The van der Waals surface area contributed by atoms with Crippen LogP contribution in [0.2, 0.25) is 0 Å². The normalized spacial score (nSPS) is 19.7. The number of carbonyl (C=O) groups is 1. The fourth-order valence-corrected chi connectivity index (χ4v) is 2.75. The molecule has 1 radical (unpaired) electrons. The van der Waals surface area contributed by atoms with Gasteiger partial charge in [-0.1, -0.05) is 67.6 Å². The Balaban J connectivity index is 0.00000144. The second kappa shape index (κ2) is 6.78. The van der Waals surface area contributed by atoms with Gasteiger partial charge in [0, 0.05) is 39.8 Å². The average molecular weight is 480 g/mol. The van der Waals surface area contributed by atoms with Crippen molar-refractivity contribution in [2.75, 3.05) is 7.05 Å². The van der Waals surface area contributed by atoms with Crippen LogP contribution in [0.3, 0.4) is 0 Å². The van der Waals surface area contributed by atoms with E-state index in [0.29, 0.717) is 6.42 Å². The van der Waals surface area contributed by atoms with Crippen molar-refractivity contribution in [1.82, 2.24) is 4.90 Å². The van der Waals surface area contributed by atoms with Gasteiger partial charge in [0.05, 0.1) is 3.92 Å². The number of halogens is 2. The van der Waals surface area contributed by atoms with Crippen molar-refractivity contribution < 1.29 is 37.5 Å². The van der Waals surface area contributed by atoms with Crippen molar-refractivity contribution in [1.29, 1.82) is 0 Å². The van der Waals surface area contributed by atoms with Gasteiger partial charge in [-0.05, 0) is 0 Å². The van der Waals surface area contributed by atoms with Crippen LogP contribution in [0.5, 0.6) is 0 Å². The van der Waals surface area contributed by atoms with Crippen LogP contribution in [-0.2, 0) is 37.5 Å². The van der Waals surface area contributed by atoms with Gasteiger partial charge in [0.1, 0.15) is 0 Å². The molecule has 0 aromatic heterocycles. The van der Waals surface area contributed by atoms with Crippen molar-refractivity contribution >= 4 is 50.1 Å². The molecule has 1 unspecified atom stereocenters. The summed E-state index contributed by atoms with van der Waals surface area (Å²) < 4.78 is 0.998. The fraction of sp³-hybridized carbons (Fsp3) is 0.250. The number of amides is 1. The zero-order valence-corrected chi connectivity index (χ0v) is 15.9. The molecule has 0 saturated carbocycles. The Hall–Kier alpha value is 0.744. The van der Waals surface area contributed by atoms with Crippen molar-refractivity contribution in [2.45, 2.75) is 10.3 Å². The van der Waals surface area contributed by atoms with Crippen molar-refractivity contribution in [3.63, 3.8) is 0 Å². The Kier molecular flexibility index (Phi) is 6.30. The van der Waals surface area contributed by atoms with Crippen LogP contribution >= 0.6 is 38.5 Å². The molecule has 5 heteroatoms. The molecule has 87 valence electrons.